The van der Waals surface area contributed by atoms with Crippen LogP contribution in [0.2, 0.25) is 0 Å². The molecule has 0 saturated heterocycles. The molecule has 0 aliphatic rings. The molecule has 0 aliphatic heterocycles. The zero-order valence-corrected chi connectivity index (χ0v) is 12.6. The molecule has 0 saturated carbocycles. The molecule has 2 aromatic rings. The molecule has 0 spiro atoms. The predicted molar refractivity (Wildman–Crippen MR) is 81.9 cm³/mol. The van der Waals surface area contributed by atoms with E-state index in [9.17, 15) is 4.79 Å². The number of carbonyl (C=O) groups excluding carboxylic acids is 1. The Hall–Kier alpha value is -1.77. The highest BCUT2D eigenvalue weighted by atomic mass is 16.5. The third-order valence-electron chi connectivity index (χ3n) is 3.52. The minimum absolute atomic E-state index is 0.163. The molecule has 0 amide bonds. The first-order valence-electron chi connectivity index (χ1n) is 7.36. The lowest BCUT2D eigenvalue weighted by atomic mass is 10.0. The SMILES string of the molecule is CCCCOC(=O)Cn1ccc2cc(C(C)C)ccc21. The Morgan fingerprint density at radius 1 is 1.30 bits per heavy atom. The molecule has 108 valence electrons. The molecule has 3 nitrogen and oxygen atoms in total. The molecule has 0 radical (unpaired) electrons. The normalized spacial score (nSPS) is 11.2. The summed E-state index contributed by atoms with van der Waals surface area (Å²) in [4.78, 5) is 11.8. The zero-order valence-electron chi connectivity index (χ0n) is 12.6. The Morgan fingerprint density at radius 2 is 2.10 bits per heavy atom. The summed E-state index contributed by atoms with van der Waals surface area (Å²) in [5, 5.41) is 1.18. The highest BCUT2D eigenvalue weighted by Gasteiger charge is 2.08. The number of ether oxygens (including phenoxy) is 1. The molecule has 1 heterocycles. The summed E-state index contributed by atoms with van der Waals surface area (Å²) in [6.07, 6.45) is 3.92. The molecule has 0 unspecified atom stereocenters. The summed E-state index contributed by atoms with van der Waals surface area (Å²) in [6, 6.07) is 8.47. The van der Waals surface area contributed by atoms with Gasteiger partial charge in [-0.1, -0.05) is 33.3 Å². The number of fused-ring (bicyclic) bond motifs is 1. The van der Waals surface area contributed by atoms with Gasteiger partial charge in [0.1, 0.15) is 6.54 Å². The Balaban J connectivity index is 2.09. The lowest BCUT2D eigenvalue weighted by Crippen LogP contribution is -2.13. The molecule has 1 aromatic heterocycles. The number of carbonyl (C=O) groups is 1. The lowest BCUT2D eigenvalue weighted by Gasteiger charge is -2.08. The standard InChI is InChI=1S/C17H23NO2/c1-4-5-10-20-17(19)12-18-9-8-15-11-14(13(2)3)6-7-16(15)18/h6-9,11,13H,4-5,10,12H2,1-3H3. The van der Waals surface area contributed by atoms with Crippen molar-refractivity contribution in [2.24, 2.45) is 0 Å². The van der Waals surface area contributed by atoms with Crippen LogP contribution >= 0.6 is 0 Å². The maximum Gasteiger partial charge on any atom is 0.325 e. The monoisotopic (exact) mass is 273 g/mol. The number of aromatic nitrogens is 1. The van der Waals surface area contributed by atoms with Gasteiger partial charge < -0.3 is 9.30 Å². The zero-order chi connectivity index (χ0) is 14.5. The molecule has 2 rings (SSSR count). The van der Waals surface area contributed by atoms with Gasteiger partial charge in [-0.15, -0.1) is 0 Å². The average Bonchev–Trinajstić information content (AvgIpc) is 2.81. The lowest BCUT2D eigenvalue weighted by molar-refractivity contribution is -0.144. The van der Waals surface area contributed by atoms with Gasteiger partial charge in [-0.2, -0.15) is 0 Å². The van der Waals surface area contributed by atoms with E-state index in [0.717, 1.165) is 18.4 Å². The van der Waals surface area contributed by atoms with Crippen molar-refractivity contribution in [1.82, 2.24) is 4.57 Å². The van der Waals surface area contributed by atoms with Crippen molar-refractivity contribution >= 4 is 16.9 Å². The van der Waals surface area contributed by atoms with Crippen molar-refractivity contribution in [3.63, 3.8) is 0 Å². The highest BCUT2D eigenvalue weighted by Crippen LogP contribution is 2.22. The van der Waals surface area contributed by atoms with Crippen molar-refractivity contribution in [1.29, 1.82) is 0 Å². The minimum Gasteiger partial charge on any atom is -0.464 e. The fourth-order valence-corrected chi connectivity index (χ4v) is 2.23. The van der Waals surface area contributed by atoms with Gasteiger partial charge in [0.2, 0.25) is 0 Å². The van der Waals surface area contributed by atoms with Gasteiger partial charge in [-0.25, -0.2) is 0 Å². The quantitative estimate of drug-likeness (QED) is 0.586. The van der Waals surface area contributed by atoms with Crippen LogP contribution in [0.3, 0.4) is 0 Å². The van der Waals surface area contributed by atoms with Crippen LogP contribution in [-0.2, 0) is 16.1 Å². The van der Waals surface area contributed by atoms with Crippen molar-refractivity contribution in [3.05, 3.63) is 36.0 Å². The largest absolute Gasteiger partial charge is 0.464 e. The van der Waals surface area contributed by atoms with E-state index in [1.54, 1.807) is 0 Å². The number of esters is 1. The van der Waals surface area contributed by atoms with Crippen LogP contribution in [0.25, 0.3) is 10.9 Å². The number of hydrogen-bond acceptors (Lipinski definition) is 2. The third-order valence-corrected chi connectivity index (χ3v) is 3.52. The van der Waals surface area contributed by atoms with Gasteiger partial charge in [0.05, 0.1) is 6.61 Å². The molecule has 0 atom stereocenters. The third kappa shape index (κ3) is 3.41. The predicted octanol–water partition coefficient (Wildman–Crippen LogP) is 4.11. The van der Waals surface area contributed by atoms with E-state index in [-0.39, 0.29) is 12.5 Å². The number of nitrogens with zero attached hydrogens (tertiary/aromatic N) is 1. The number of rotatable bonds is 6. The Bertz CT molecular complexity index is 584. The smallest absolute Gasteiger partial charge is 0.325 e. The van der Waals surface area contributed by atoms with Crippen LogP contribution in [0.4, 0.5) is 0 Å². The molecule has 0 fully saturated rings. The van der Waals surface area contributed by atoms with Crippen molar-refractivity contribution < 1.29 is 9.53 Å². The van der Waals surface area contributed by atoms with Crippen LogP contribution in [0, 0.1) is 0 Å². The van der Waals surface area contributed by atoms with Crippen LogP contribution in [0.5, 0.6) is 0 Å². The second kappa shape index (κ2) is 6.60. The Morgan fingerprint density at radius 3 is 2.80 bits per heavy atom. The summed E-state index contributed by atoms with van der Waals surface area (Å²) in [7, 11) is 0. The van der Waals surface area contributed by atoms with Crippen LogP contribution in [0.1, 0.15) is 45.1 Å². The topological polar surface area (TPSA) is 31.2 Å². The van der Waals surface area contributed by atoms with E-state index in [1.165, 1.54) is 10.9 Å². The summed E-state index contributed by atoms with van der Waals surface area (Å²) in [5.41, 5.74) is 2.41. The molecular formula is C17H23NO2. The Kier molecular flexibility index (Phi) is 4.83. The van der Waals surface area contributed by atoms with Gasteiger partial charge >= 0.3 is 5.97 Å². The van der Waals surface area contributed by atoms with Crippen molar-refractivity contribution in [3.8, 4) is 0 Å². The second-order valence-corrected chi connectivity index (χ2v) is 5.49. The van der Waals surface area contributed by atoms with Crippen LogP contribution < -0.4 is 0 Å². The van der Waals surface area contributed by atoms with Gasteiger partial charge in [-0.3, -0.25) is 4.79 Å². The molecule has 20 heavy (non-hydrogen) atoms. The first-order valence-corrected chi connectivity index (χ1v) is 7.36. The van der Waals surface area contributed by atoms with Gasteiger partial charge in [-0.05, 0) is 41.5 Å². The maximum absolute atomic E-state index is 11.8. The molecule has 0 N–H and O–H groups in total. The molecule has 0 aliphatic carbocycles. The summed E-state index contributed by atoms with van der Waals surface area (Å²) in [5.74, 6) is 0.352. The van der Waals surface area contributed by atoms with E-state index < -0.39 is 0 Å². The van der Waals surface area contributed by atoms with Crippen LogP contribution in [0.15, 0.2) is 30.5 Å². The molecule has 1 aromatic carbocycles. The van der Waals surface area contributed by atoms with E-state index in [2.05, 4.69) is 45.0 Å². The van der Waals surface area contributed by atoms with E-state index in [0.29, 0.717) is 12.5 Å². The molecule has 3 heteroatoms. The van der Waals surface area contributed by atoms with E-state index >= 15 is 0 Å². The fraction of sp³-hybridized carbons (Fsp3) is 0.471. The summed E-state index contributed by atoms with van der Waals surface area (Å²) < 4.78 is 7.16. The maximum atomic E-state index is 11.8. The number of benzene rings is 1. The fourth-order valence-electron chi connectivity index (χ4n) is 2.23. The highest BCUT2D eigenvalue weighted by molar-refractivity contribution is 5.82. The van der Waals surface area contributed by atoms with E-state index in [1.807, 2.05) is 10.8 Å². The minimum atomic E-state index is -0.163. The van der Waals surface area contributed by atoms with Crippen LogP contribution in [-0.4, -0.2) is 17.1 Å². The van der Waals surface area contributed by atoms with Gasteiger partial charge in [0.15, 0.2) is 0 Å². The molecular weight excluding hydrogens is 250 g/mol. The van der Waals surface area contributed by atoms with Crippen molar-refractivity contribution in [2.45, 2.75) is 46.1 Å². The first-order chi connectivity index (χ1) is 9.61. The van der Waals surface area contributed by atoms with Crippen molar-refractivity contribution in [2.75, 3.05) is 6.61 Å². The summed E-state index contributed by atoms with van der Waals surface area (Å²) in [6.45, 7) is 7.26. The van der Waals surface area contributed by atoms with Gasteiger partial charge in [0.25, 0.3) is 0 Å². The van der Waals surface area contributed by atoms with E-state index in [4.69, 9.17) is 4.74 Å². The number of unbranched alkanes of at least 4 members (excludes halogenated alkanes) is 1. The van der Waals surface area contributed by atoms with Gasteiger partial charge in [0, 0.05) is 11.7 Å². The average molecular weight is 273 g/mol. The first kappa shape index (κ1) is 14.6. The second-order valence-electron chi connectivity index (χ2n) is 5.49. The Labute approximate surface area is 120 Å². The molecule has 0 bridgehead atoms. The number of hydrogen-bond donors (Lipinski definition) is 0. The summed E-state index contributed by atoms with van der Waals surface area (Å²) >= 11 is 0.